The van der Waals surface area contributed by atoms with Gasteiger partial charge >= 0.3 is 6.03 Å². The lowest BCUT2D eigenvalue weighted by atomic mass is 9.91. The van der Waals surface area contributed by atoms with Crippen LogP contribution >= 0.6 is 11.8 Å². The first-order valence-electron chi connectivity index (χ1n) is 10.5. The monoisotopic (exact) mass is 481 g/mol. The molecule has 5 rings (SSSR count). The first-order chi connectivity index (χ1) is 16.4. The zero-order valence-electron chi connectivity index (χ0n) is 18.1. The van der Waals surface area contributed by atoms with Crippen LogP contribution in [-0.2, 0) is 15.1 Å². The number of thioether (sulfide) groups is 1. The predicted molar refractivity (Wildman–Crippen MR) is 120 cm³/mol. The number of hydrogen-bond donors (Lipinski definition) is 1. The number of carbonyl (C=O) groups is 3. The summed E-state index contributed by atoms with van der Waals surface area (Å²) in [6, 6.07) is 12.5. The van der Waals surface area contributed by atoms with Gasteiger partial charge in [-0.2, -0.15) is 0 Å². The predicted octanol–water partition coefficient (Wildman–Crippen LogP) is 1.84. The number of rotatable bonds is 5. The van der Waals surface area contributed by atoms with Crippen LogP contribution in [0.2, 0.25) is 0 Å². The summed E-state index contributed by atoms with van der Waals surface area (Å²) in [6.45, 7) is 1.56. The number of aromatic nitrogens is 4. The van der Waals surface area contributed by atoms with Crippen LogP contribution < -0.4 is 5.32 Å². The number of urea groups is 1. The molecule has 2 aromatic carbocycles. The Morgan fingerprint density at radius 3 is 2.82 bits per heavy atom. The summed E-state index contributed by atoms with van der Waals surface area (Å²) < 4.78 is 15.8. The molecule has 2 fully saturated rings. The topological polar surface area (TPSA) is 113 Å². The lowest BCUT2D eigenvalue weighted by Crippen LogP contribution is -2.44. The fraction of sp³-hybridized carbons (Fsp3) is 0.273. The molecule has 10 nitrogen and oxygen atoms in total. The van der Waals surface area contributed by atoms with E-state index in [1.54, 1.807) is 49.4 Å². The van der Waals surface area contributed by atoms with Gasteiger partial charge in [0.25, 0.3) is 5.91 Å². The molecule has 0 saturated carbocycles. The summed E-state index contributed by atoms with van der Waals surface area (Å²) in [5.41, 5.74) is 0.170. The molecule has 0 aliphatic carbocycles. The van der Waals surface area contributed by atoms with Crippen LogP contribution in [0, 0.1) is 5.82 Å². The number of nitrogens with one attached hydrogen (secondary N) is 1. The number of imide groups is 1. The van der Waals surface area contributed by atoms with Gasteiger partial charge in [0.2, 0.25) is 5.91 Å². The molecule has 0 spiro atoms. The van der Waals surface area contributed by atoms with Crippen molar-refractivity contribution in [2.24, 2.45) is 0 Å². The van der Waals surface area contributed by atoms with E-state index in [-0.39, 0.29) is 0 Å². The van der Waals surface area contributed by atoms with E-state index in [9.17, 15) is 18.8 Å². The zero-order chi connectivity index (χ0) is 23.9. The number of benzene rings is 2. The molecule has 3 aromatic rings. The molecule has 2 aliphatic heterocycles. The number of carbonyl (C=O) groups excluding carboxylic acids is 3. The third-order valence-electron chi connectivity index (χ3n) is 5.99. The van der Waals surface area contributed by atoms with Crippen molar-refractivity contribution in [2.45, 2.75) is 17.8 Å². The zero-order valence-corrected chi connectivity index (χ0v) is 18.9. The Bertz CT molecular complexity index is 1270. The van der Waals surface area contributed by atoms with Crippen LogP contribution in [-0.4, -0.2) is 66.7 Å². The van der Waals surface area contributed by atoms with Gasteiger partial charge in [-0.05, 0) is 41.1 Å². The summed E-state index contributed by atoms with van der Waals surface area (Å²) in [6.07, 6.45) is 1.42. The van der Waals surface area contributed by atoms with Gasteiger partial charge < -0.3 is 10.2 Å². The first kappa shape index (κ1) is 22.0. The van der Waals surface area contributed by atoms with Crippen molar-refractivity contribution < 1.29 is 18.8 Å². The average molecular weight is 482 g/mol. The first-order valence-corrected chi connectivity index (χ1v) is 11.6. The van der Waals surface area contributed by atoms with Crippen LogP contribution in [0.25, 0.3) is 5.69 Å². The number of hydrogen-bond acceptors (Lipinski definition) is 7. The normalized spacial score (nSPS) is 22.4. The maximum absolute atomic E-state index is 14.3. The highest BCUT2D eigenvalue weighted by molar-refractivity contribution is 7.99. The largest absolute Gasteiger partial charge is 0.325 e. The quantitative estimate of drug-likeness (QED) is 0.553. The Balaban J connectivity index is 1.36. The Morgan fingerprint density at radius 1 is 1.24 bits per heavy atom. The maximum atomic E-state index is 14.3. The van der Waals surface area contributed by atoms with Crippen molar-refractivity contribution in [3.8, 4) is 5.69 Å². The number of nitrogens with zero attached hydrogens (tertiary/aromatic N) is 6. The molecule has 1 N–H and O–H groups in total. The minimum atomic E-state index is -1.37. The summed E-state index contributed by atoms with van der Waals surface area (Å²) >= 11 is 1.45. The number of halogens is 1. The Hall–Kier alpha value is -3.80. The average Bonchev–Trinajstić information content (AvgIpc) is 3.58. The van der Waals surface area contributed by atoms with Crippen molar-refractivity contribution in [3.63, 3.8) is 0 Å². The van der Waals surface area contributed by atoms with Crippen LogP contribution in [0.3, 0.4) is 0 Å². The molecule has 1 aromatic heterocycles. The van der Waals surface area contributed by atoms with Crippen LogP contribution in [0.4, 0.5) is 9.18 Å². The van der Waals surface area contributed by atoms with Crippen LogP contribution in [0.1, 0.15) is 23.4 Å². The molecule has 0 radical (unpaired) electrons. The molecule has 2 aliphatic rings. The molecular formula is C22H20FN7O3S. The SMILES string of the molecule is C[C@@]1(c2cccc(-n3cnnn3)c2)NC(=O)N(CC(=O)N2CCS[C@H]2c2ccccc2F)C1=O. The molecule has 2 saturated heterocycles. The van der Waals surface area contributed by atoms with Gasteiger partial charge in [-0.15, -0.1) is 16.9 Å². The van der Waals surface area contributed by atoms with E-state index in [1.807, 2.05) is 0 Å². The second-order valence-electron chi connectivity index (χ2n) is 8.08. The highest BCUT2D eigenvalue weighted by Gasteiger charge is 2.50. The van der Waals surface area contributed by atoms with Crippen molar-refractivity contribution in [1.82, 2.24) is 35.3 Å². The fourth-order valence-electron chi connectivity index (χ4n) is 4.16. The second-order valence-corrected chi connectivity index (χ2v) is 9.27. The summed E-state index contributed by atoms with van der Waals surface area (Å²) in [7, 11) is 0. The molecule has 12 heteroatoms. The van der Waals surface area contributed by atoms with E-state index in [0.717, 1.165) is 4.90 Å². The number of amides is 4. The van der Waals surface area contributed by atoms with Gasteiger partial charge in [-0.3, -0.25) is 14.5 Å². The molecule has 4 amide bonds. The summed E-state index contributed by atoms with van der Waals surface area (Å²) in [5.74, 6) is -0.737. The molecule has 0 unspecified atom stereocenters. The van der Waals surface area contributed by atoms with Crippen molar-refractivity contribution >= 4 is 29.6 Å². The van der Waals surface area contributed by atoms with Crippen LogP contribution in [0.15, 0.2) is 54.9 Å². The van der Waals surface area contributed by atoms with Gasteiger partial charge in [-0.25, -0.2) is 13.9 Å². The lowest BCUT2D eigenvalue weighted by Gasteiger charge is -2.26. The van der Waals surface area contributed by atoms with Crippen molar-refractivity contribution in [1.29, 1.82) is 0 Å². The molecule has 174 valence electrons. The van der Waals surface area contributed by atoms with Crippen molar-refractivity contribution in [3.05, 3.63) is 71.8 Å². The molecule has 3 heterocycles. The number of tetrazole rings is 1. The minimum Gasteiger partial charge on any atom is -0.324 e. The molecule has 2 atom stereocenters. The lowest BCUT2D eigenvalue weighted by molar-refractivity contribution is -0.139. The molecular weight excluding hydrogens is 461 g/mol. The third-order valence-corrected chi connectivity index (χ3v) is 7.23. The van der Waals surface area contributed by atoms with E-state index in [2.05, 4.69) is 20.8 Å². The summed E-state index contributed by atoms with van der Waals surface area (Å²) in [4.78, 5) is 41.7. The summed E-state index contributed by atoms with van der Waals surface area (Å²) in [5, 5.41) is 13.3. The minimum absolute atomic E-state index is 0.398. The van der Waals surface area contributed by atoms with Crippen molar-refractivity contribution in [2.75, 3.05) is 18.8 Å². The second kappa shape index (κ2) is 8.52. The van der Waals surface area contributed by atoms with E-state index < -0.39 is 41.1 Å². The Morgan fingerprint density at radius 2 is 2.06 bits per heavy atom. The molecule has 0 bridgehead atoms. The van der Waals surface area contributed by atoms with E-state index >= 15 is 0 Å². The van der Waals surface area contributed by atoms with Crippen LogP contribution in [0.5, 0.6) is 0 Å². The third kappa shape index (κ3) is 3.69. The Kier molecular flexibility index (Phi) is 5.52. The van der Waals surface area contributed by atoms with Gasteiger partial charge in [0.1, 0.15) is 29.6 Å². The highest BCUT2D eigenvalue weighted by atomic mass is 32.2. The fourth-order valence-corrected chi connectivity index (χ4v) is 5.46. The Labute approximate surface area is 198 Å². The smallest absolute Gasteiger partial charge is 0.324 e. The standard InChI is InChI=1S/C22H20FN7O3S/c1-22(14-5-4-6-15(11-14)30-13-24-26-27-30)20(32)29(21(33)25-22)12-18(31)28-9-10-34-19(28)16-7-2-3-8-17(16)23/h2-8,11,13,19H,9-10,12H2,1H3,(H,25,33)/t19-,22-/m0/s1. The van der Waals surface area contributed by atoms with Gasteiger partial charge in [0, 0.05) is 17.9 Å². The van der Waals surface area contributed by atoms with E-state index in [0.29, 0.717) is 29.1 Å². The van der Waals surface area contributed by atoms with E-state index in [4.69, 9.17) is 0 Å². The molecule has 34 heavy (non-hydrogen) atoms. The van der Waals surface area contributed by atoms with Gasteiger partial charge in [-0.1, -0.05) is 30.3 Å². The van der Waals surface area contributed by atoms with E-state index in [1.165, 1.54) is 33.7 Å². The van der Waals surface area contributed by atoms with Gasteiger partial charge in [0.05, 0.1) is 5.69 Å². The maximum Gasteiger partial charge on any atom is 0.325 e. The van der Waals surface area contributed by atoms with Gasteiger partial charge in [0.15, 0.2) is 0 Å². The highest BCUT2D eigenvalue weighted by Crippen LogP contribution is 2.39.